The maximum atomic E-state index is 12.2. The van der Waals surface area contributed by atoms with Crippen LogP contribution in [0, 0.1) is 0 Å². The molecule has 18 heavy (non-hydrogen) atoms. The highest BCUT2D eigenvalue weighted by Gasteiger charge is 2.11. The van der Waals surface area contributed by atoms with Gasteiger partial charge < -0.3 is 4.90 Å². The summed E-state index contributed by atoms with van der Waals surface area (Å²) in [4.78, 5) is 14.2. The zero-order chi connectivity index (χ0) is 13.1. The number of Topliss-reactive ketones (excluding diaryl/α,β-unsaturated/α-hetero) is 1. The molecule has 0 aliphatic carbocycles. The van der Waals surface area contributed by atoms with Gasteiger partial charge in [-0.25, -0.2) is 0 Å². The van der Waals surface area contributed by atoms with Crippen LogP contribution in [0.2, 0.25) is 5.02 Å². The zero-order valence-corrected chi connectivity index (χ0v) is 11.4. The number of fused-ring (bicyclic) bond motifs is 1. The monoisotopic (exact) mass is 261 g/mol. The molecule has 0 saturated heterocycles. The Bertz CT molecular complexity index is 578. The van der Waals surface area contributed by atoms with Gasteiger partial charge in [-0.3, -0.25) is 4.79 Å². The first kappa shape index (κ1) is 13.1. The second-order valence-corrected chi connectivity index (χ2v) is 5.02. The molecule has 0 unspecified atom stereocenters. The number of carbonyl (C=O) groups excluding carboxylic acids is 1. The highest BCUT2D eigenvalue weighted by molar-refractivity contribution is 6.36. The van der Waals surface area contributed by atoms with Crippen molar-refractivity contribution in [3.63, 3.8) is 0 Å². The quantitative estimate of drug-likeness (QED) is 0.784. The highest BCUT2D eigenvalue weighted by atomic mass is 35.5. The number of hydrogen-bond donors (Lipinski definition) is 0. The van der Waals surface area contributed by atoms with E-state index in [-0.39, 0.29) is 5.78 Å². The SMILES string of the molecule is CN(C)CCC(=O)c1ccc(Cl)c2ccccc12. The van der Waals surface area contributed by atoms with Crippen molar-refractivity contribution in [2.24, 2.45) is 0 Å². The third-order valence-electron chi connectivity index (χ3n) is 2.96. The Morgan fingerprint density at radius 3 is 2.44 bits per heavy atom. The molecular weight excluding hydrogens is 246 g/mol. The Kier molecular flexibility index (Phi) is 4.00. The second-order valence-electron chi connectivity index (χ2n) is 4.62. The summed E-state index contributed by atoms with van der Waals surface area (Å²) in [5.41, 5.74) is 0.761. The van der Waals surface area contributed by atoms with Gasteiger partial charge in [0, 0.05) is 28.9 Å². The Balaban J connectivity index is 2.39. The van der Waals surface area contributed by atoms with Gasteiger partial charge in [0.05, 0.1) is 0 Å². The van der Waals surface area contributed by atoms with Crippen molar-refractivity contribution in [1.29, 1.82) is 0 Å². The van der Waals surface area contributed by atoms with Crippen molar-refractivity contribution in [2.75, 3.05) is 20.6 Å². The predicted molar refractivity (Wildman–Crippen MR) is 76.5 cm³/mol. The topological polar surface area (TPSA) is 20.3 Å². The number of carbonyl (C=O) groups is 1. The van der Waals surface area contributed by atoms with Crippen LogP contribution in [-0.4, -0.2) is 31.3 Å². The van der Waals surface area contributed by atoms with Crippen LogP contribution in [-0.2, 0) is 0 Å². The first-order valence-electron chi connectivity index (χ1n) is 5.95. The molecule has 2 nitrogen and oxygen atoms in total. The molecule has 0 aromatic heterocycles. The Morgan fingerprint density at radius 2 is 1.78 bits per heavy atom. The maximum absolute atomic E-state index is 12.2. The standard InChI is InChI=1S/C15H16ClNO/c1-17(2)10-9-15(18)13-7-8-14(16)12-6-4-3-5-11(12)13/h3-8H,9-10H2,1-2H3. The third-order valence-corrected chi connectivity index (χ3v) is 3.29. The molecule has 0 atom stereocenters. The van der Waals surface area contributed by atoms with Crippen LogP contribution in [0.25, 0.3) is 10.8 Å². The minimum absolute atomic E-state index is 0.163. The molecule has 0 bridgehead atoms. The van der Waals surface area contributed by atoms with Gasteiger partial charge in [-0.05, 0) is 31.6 Å². The van der Waals surface area contributed by atoms with Crippen molar-refractivity contribution in [1.82, 2.24) is 4.90 Å². The fraction of sp³-hybridized carbons (Fsp3) is 0.267. The van der Waals surface area contributed by atoms with Crippen molar-refractivity contribution in [2.45, 2.75) is 6.42 Å². The molecule has 0 aliphatic rings. The summed E-state index contributed by atoms with van der Waals surface area (Å²) in [6.07, 6.45) is 0.526. The molecule has 3 heteroatoms. The lowest BCUT2D eigenvalue weighted by atomic mass is 10.00. The van der Waals surface area contributed by atoms with Crippen LogP contribution in [0.1, 0.15) is 16.8 Å². The molecule has 0 saturated carbocycles. The van der Waals surface area contributed by atoms with E-state index < -0.39 is 0 Å². The van der Waals surface area contributed by atoms with Crippen molar-refractivity contribution in [3.8, 4) is 0 Å². The number of hydrogen-bond acceptors (Lipinski definition) is 2. The minimum Gasteiger partial charge on any atom is -0.309 e. The molecule has 0 fully saturated rings. The van der Waals surface area contributed by atoms with E-state index in [9.17, 15) is 4.79 Å². The van der Waals surface area contributed by atoms with Crippen LogP contribution in [0.5, 0.6) is 0 Å². The highest BCUT2D eigenvalue weighted by Crippen LogP contribution is 2.27. The van der Waals surface area contributed by atoms with Crippen molar-refractivity contribution < 1.29 is 4.79 Å². The van der Waals surface area contributed by atoms with Gasteiger partial charge in [-0.2, -0.15) is 0 Å². The molecule has 0 heterocycles. The van der Waals surface area contributed by atoms with E-state index in [0.29, 0.717) is 11.4 Å². The summed E-state index contributed by atoms with van der Waals surface area (Å²) in [5.74, 6) is 0.163. The van der Waals surface area contributed by atoms with E-state index in [1.165, 1.54) is 0 Å². The summed E-state index contributed by atoms with van der Waals surface area (Å²) >= 11 is 6.14. The summed E-state index contributed by atoms with van der Waals surface area (Å²) in [7, 11) is 3.93. The average molecular weight is 262 g/mol. The van der Waals surface area contributed by atoms with E-state index in [0.717, 1.165) is 22.9 Å². The Labute approximate surface area is 112 Å². The van der Waals surface area contributed by atoms with Crippen LogP contribution >= 0.6 is 11.6 Å². The van der Waals surface area contributed by atoms with Crippen molar-refractivity contribution >= 4 is 28.2 Å². The van der Waals surface area contributed by atoms with E-state index in [2.05, 4.69) is 0 Å². The molecule has 0 aliphatic heterocycles. The lowest BCUT2D eigenvalue weighted by molar-refractivity contribution is 0.0974. The fourth-order valence-electron chi connectivity index (χ4n) is 1.97. The van der Waals surface area contributed by atoms with E-state index >= 15 is 0 Å². The lowest BCUT2D eigenvalue weighted by Gasteiger charge is -2.10. The minimum atomic E-state index is 0.163. The van der Waals surface area contributed by atoms with Crippen LogP contribution in [0.4, 0.5) is 0 Å². The van der Waals surface area contributed by atoms with E-state index in [4.69, 9.17) is 11.6 Å². The van der Waals surface area contributed by atoms with Crippen LogP contribution in [0.15, 0.2) is 36.4 Å². The van der Waals surface area contributed by atoms with Gasteiger partial charge in [0.1, 0.15) is 0 Å². The van der Waals surface area contributed by atoms with Gasteiger partial charge in [-0.15, -0.1) is 0 Å². The van der Waals surface area contributed by atoms with Crippen molar-refractivity contribution in [3.05, 3.63) is 47.0 Å². The van der Waals surface area contributed by atoms with Gasteiger partial charge >= 0.3 is 0 Å². The largest absolute Gasteiger partial charge is 0.309 e. The van der Waals surface area contributed by atoms with Gasteiger partial charge in [-0.1, -0.05) is 35.9 Å². The Morgan fingerprint density at radius 1 is 1.11 bits per heavy atom. The lowest BCUT2D eigenvalue weighted by Crippen LogP contribution is -2.16. The molecule has 0 radical (unpaired) electrons. The number of benzene rings is 2. The smallest absolute Gasteiger partial charge is 0.164 e. The number of halogens is 1. The van der Waals surface area contributed by atoms with Crippen LogP contribution < -0.4 is 0 Å². The first-order valence-corrected chi connectivity index (χ1v) is 6.32. The number of ketones is 1. The molecule has 0 amide bonds. The second kappa shape index (κ2) is 5.51. The molecule has 2 aromatic carbocycles. The number of nitrogens with zero attached hydrogens (tertiary/aromatic N) is 1. The summed E-state index contributed by atoms with van der Waals surface area (Å²) in [6.45, 7) is 0.760. The van der Waals surface area contributed by atoms with Gasteiger partial charge in [0.2, 0.25) is 0 Å². The molecule has 94 valence electrons. The molecular formula is C15H16ClNO. The number of rotatable bonds is 4. The normalized spacial score (nSPS) is 11.1. The molecule has 2 aromatic rings. The third kappa shape index (κ3) is 2.71. The van der Waals surface area contributed by atoms with Gasteiger partial charge in [0.15, 0.2) is 5.78 Å². The van der Waals surface area contributed by atoms with E-state index in [1.54, 1.807) is 6.07 Å². The predicted octanol–water partition coefficient (Wildman–Crippen LogP) is 3.63. The fourth-order valence-corrected chi connectivity index (χ4v) is 2.19. The van der Waals surface area contributed by atoms with Gasteiger partial charge in [0.25, 0.3) is 0 Å². The Hall–Kier alpha value is -1.38. The summed E-state index contributed by atoms with van der Waals surface area (Å²) in [6, 6.07) is 11.4. The van der Waals surface area contributed by atoms with E-state index in [1.807, 2.05) is 49.3 Å². The summed E-state index contributed by atoms with van der Waals surface area (Å²) < 4.78 is 0. The zero-order valence-electron chi connectivity index (χ0n) is 10.6. The van der Waals surface area contributed by atoms with Crippen LogP contribution in [0.3, 0.4) is 0 Å². The molecule has 0 spiro atoms. The molecule has 2 rings (SSSR count). The summed E-state index contributed by atoms with van der Waals surface area (Å²) in [5, 5.41) is 2.57. The average Bonchev–Trinajstić information content (AvgIpc) is 2.37. The molecule has 0 N–H and O–H groups in total. The first-order chi connectivity index (χ1) is 8.59. The maximum Gasteiger partial charge on any atom is 0.164 e.